The van der Waals surface area contributed by atoms with Gasteiger partial charge >= 0.3 is 0 Å². The Kier molecular flexibility index (Phi) is 4.45. The zero-order valence-electron chi connectivity index (χ0n) is 11.6. The first kappa shape index (κ1) is 14.0. The van der Waals surface area contributed by atoms with Crippen LogP contribution in [0.1, 0.15) is 17.7 Å². The highest BCUT2D eigenvalue weighted by molar-refractivity contribution is 7.10. The minimum Gasteiger partial charge on any atom is -0.473 e. The molecule has 0 radical (unpaired) electrons. The van der Waals surface area contributed by atoms with Crippen LogP contribution in [0.3, 0.4) is 0 Å². The van der Waals surface area contributed by atoms with Gasteiger partial charge in [-0.3, -0.25) is 4.79 Å². The normalized spacial score (nSPS) is 15.9. The highest BCUT2D eigenvalue weighted by Crippen LogP contribution is 2.18. The van der Waals surface area contributed by atoms with E-state index in [-0.39, 0.29) is 12.0 Å². The van der Waals surface area contributed by atoms with Crippen LogP contribution < -0.4 is 4.74 Å². The molecule has 110 valence electrons. The van der Waals surface area contributed by atoms with E-state index in [9.17, 15) is 4.79 Å². The third-order valence-corrected chi connectivity index (χ3v) is 4.41. The maximum absolute atomic E-state index is 12.2. The number of ether oxygens (including phenoxy) is 1. The second kappa shape index (κ2) is 6.67. The molecule has 1 saturated heterocycles. The summed E-state index contributed by atoms with van der Waals surface area (Å²) in [6, 6.07) is 7.60. The van der Waals surface area contributed by atoms with E-state index in [0.717, 1.165) is 30.8 Å². The van der Waals surface area contributed by atoms with Crippen LogP contribution in [0.5, 0.6) is 5.88 Å². The van der Waals surface area contributed by atoms with Crippen LogP contribution in [0.2, 0.25) is 0 Å². The minimum atomic E-state index is 0.118. The van der Waals surface area contributed by atoms with E-state index < -0.39 is 0 Å². The van der Waals surface area contributed by atoms with Gasteiger partial charge in [-0.2, -0.15) is 5.10 Å². The lowest BCUT2D eigenvalue weighted by Gasteiger charge is -2.31. The van der Waals surface area contributed by atoms with Gasteiger partial charge in [0.25, 0.3) is 0 Å². The molecule has 0 spiro atoms. The molecule has 3 rings (SSSR count). The summed E-state index contributed by atoms with van der Waals surface area (Å²) in [6.45, 7) is 1.49. The molecule has 3 heterocycles. The van der Waals surface area contributed by atoms with Crippen molar-refractivity contribution >= 4 is 17.2 Å². The molecule has 6 heteroatoms. The van der Waals surface area contributed by atoms with Crippen LogP contribution in [0.15, 0.2) is 35.8 Å². The fourth-order valence-corrected chi connectivity index (χ4v) is 3.11. The molecule has 0 aromatic carbocycles. The lowest BCUT2D eigenvalue weighted by Crippen LogP contribution is -2.42. The maximum atomic E-state index is 12.2. The number of rotatable bonds is 4. The Balaban J connectivity index is 1.47. The zero-order valence-corrected chi connectivity index (χ0v) is 12.5. The maximum Gasteiger partial charge on any atom is 0.233 e. The first-order valence-electron chi connectivity index (χ1n) is 7.06. The molecule has 21 heavy (non-hydrogen) atoms. The zero-order chi connectivity index (χ0) is 14.5. The van der Waals surface area contributed by atoms with Gasteiger partial charge in [0.15, 0.2) is 0 Å². The van der Waals surface area contributed by atoms with Gasteiger partial charge in [-0.15, -0.1) is 16.4 Å². The molecule has 0 atom stereocenters. The van der Waals surface area contributed by atoms with Gasteiger partial charge in [0, 0.05) is 43.1 Å². The van der Waals surface area contributed by atoms with Crippen molar-refractivity contribution in [2.45, 2.75) is 25.4 Å². The summed E-state index contributed by atoms with van der Waals surface area (Å²) in [5.41, 5.74) is 0. The van der Waals surface area contributed by atoms with Gasteiger partial charge in [0.1, 0.15) is 6.10 Å². The Labute approximate surface area is 127 Å². The number of amides is 1. The third-order valence-electron chi connectivity index (χ3n) is 3.54. The van der Waals surface area contributed by atoms with Gasteiger partial charge in [-0.1, -0.05) is 6.07 Å². The molecular weight excluding hydrogens is 286 g/mol. The smallest absolute Gasteiger partial charge is 0.233 e. The Bertz CT molecular complexity index is 566. The second-order valence-electron chi connectivity index (χ2n) is 5.02. The number of likely N-dealkylation sites (tertiary alicyclic amines) is 1. The molecule has 0 N–H and O–H groups in total. The van der Waals surface area contributed by atoms with Crippen LogP contribution in [0.4, 0.5) is 0 Å². The summed E-state index contributed by atoms with van der Waals surface area (Å²) < 4.78 is 5.78. The highest BCUT2D eigenvalue weighted by atomic mass is 32.1. The standard InChI is InChI=1S/C15H17N3O2S/c19-15(11-13-3-2-10-21-13)18-8-5-12(6-9-18)20-14-4-1-7-16-17-14/h1-4,7,10,12H,5-6,8-9,11H2. The summed E-state index contributed by atoms with van der Waals surface area (Å²) >= 11 is 1.63. The number of aromatic nitrogens is 2. The van der Waals surface area contributed by atoms with Crippen LogP contribution >= 0.6 is 11.3 Å². The first-order chi connectivity index (χ1) is 10.3. The summed E-state index contributed by atoms with van der Waals surface area (Å²) in [7, 11) is 0. The van der Waals surface area contributed by atoms with Crippen molar-refractivity contribution in [3.05, 3.63) is 40.7 Å². The number of thiophene rings is 1. The van der Waals surface area contributed by atoms with Crippen molar-refractivity contribution in [1.29, 1.82) is 0 Å². The second-order valence-corrected chi connectivity index (χ2v) is 6.05. The quantitative estimate of drug-likeness (QED) is 0.868. The summed E-state index contributed by atoms with van der Waals surface area (Å²) in [5, 5.41) is 9.73. The molecule has 1 fully saturated rings. The number of carbonyl (C=O) groups is 1. The predicted molar refractivity (Wildman–Crippen MR) is 80.3 cm³/mol. The van der Waals surface area contributed by atoms with Gasteiger partial charge in [0.2, 0.25) is 11.8 Å². The summed E-state index contributed by atoms with van der Waals surface area (Å²) in [6.07, 6.45) is 3.93. The van der Waals surface area contributed by atoms with E-state index in [1.54, 1.807) is 23.6 Å². The van der Waals surface area contributed by atoms with E-state index in [2.05, 4.69) is 10.2 Å². The molecule has 1 amide bonds. The first-order valence-corrected chi connectivity index (χ1v) is 7.94. The molecule has 0 saturated carbocycles. The van der Waals surface area contributed by atoms with Crippen LogP contribution in [0.25, 0.3) is 0 Å². The lowest BCUT2D eigenvalue weighted by atomic mass is 10.1. The molecule has 0 bridgehead atoms. The van der Waals surface area contributed by atoms with Crippen molar-refractivity contribution < 1.29 is 9.53 Å². The summed E-state index contributed by atoms with van der Waals surface area (Å²) in [5.74, 6) is 0.760. The number of hydrogen-bond donors (Lipinski definition) is 0. The number of carbonyl (C=O) groups excluding carboxylic acids is 1. The number of nitrogens with zero attached hydrogens (tertiary/aromatic N) is 3. The van der Waals surface area contributed by atoms with E-state index in [4.69, 9.17) is 4.74 Å². The number of hydrogen-bond acceptors (Lipinski definition) is 5. The van der Waals surface area contributed by atoms with Gasteiger partial charge in [-0.25, -0.2) is 0 Å². The molecular formula is C15H17N3O2S. The van der Waals surface area contributed by atoms with Crippen LogP contribution in [-0.4, -0.2) is 40.2 Å². The lowest BCUT2D eigenvalue weighted by molar-refractivity contribution is -0.132. The highest BCUT2D eigenvalue weighted by Gasteiger charge is 2.24. The molecule has 5 nitrogen and oxygen atoms in total. The van der Waals surface area contributed by atoms with Gasteiger partial charge in [-0.05, 0) is 17.5 Å². The van der Waals surface area contributed by atoms with E-state index >= 15 is 0 Å². The van der Waals surface area contributed by atoms with Crippen molar-refractivity contribution in [3.8, 4) is 5.88 Å². The van der Waals surface area contributed by atoms with Crippen molar-refractivity contribution in [2.24, 2.45) is 0 Å². The largest absolute Gasteiger partial charge is 0.473 e. The van der Waals surface area contributed by atoms with E-state index in [1.165, 1.54) is 0 Å². The van der Waals surface area contributed by atoms with Gasteiger partial charge < -0.3 is 9.64 Å². The van der Waals surface area contributed by atoms with E-state index in [1.807, 2.05) is 28.5 Å². The minimum absolute atomic E-state index is 0.118. The molecule has 1 aliphatic heterocycles. The number of piperidine rings is 1. The third kappa shape index (κ3) is 3.78. The molecule has 2 aromatic rings. The molecule has 2 aromatic heterocycles. The predicted octanol–water partition coefficient (Wildman–Crippen LogP) is 2.15. The van der Waals surface area contributed by atoms with Crippen molar-refractivity contribution in [2.75, 3.05) is 13.1 Å². The monoisotopic (exact) mass is 303 g/mol. The van der Waals surface area contributed by atoms with E-state index in [0.29, 0.717) is 12.3 Å². The van der Waals surface area contributed by atoms with Crippen molar-refractivity contribution in [1.82, 2.24) is 15.1 Å². The Hall–Kier alpha value is -1.95. The van der Waals surface area contributed by atoms with Crippen LogP contribution in [-0.2, 0) is 11.2 Å². The SMILES string of the molecule is O=C(Cc1cccs1)N1CCC(Oc2cccnn2)CC1. The van der Waals surface area contributed by atoms with Crippen LogP contribution in [0, 0.1) is 0 Å². The van der Waals surface area contributed by atoms with Gasteiger partial charge in [0.05, 0.1) is 6.42 Å². The topological polar surface area (TPSA) is 55.3 Å². The summed E-state index contributed by atoms with van der Waals surface area (Å²) in [4.78, 5) is 15.2. The molecule has 1 aliphatic rings. The fraction of sp³-hybridized carbons (Fsp3) is 0.400. The Morgan fingerprint density at radius 3 is 2.86 bits per heavy atom. The fourth-order valence-electron chi connectivity index (χ4n) is 2.42. The Morgan fingerprint density at radius 2 is 2.19 bits per heavy atom. The van der Waals surface area contributed by atoms with Crippen molar-refractivity contribution in [3.63, 3.8) is 0 Å². The average Bonchev–Trinajstić information content (AvgIpc) is 3.02. The Morgan fingerprint density at radius 1 is 1.33 bits per heavy atom. The molecule has 0 aliphatic carbocycles. The average molecular weight is 303 g/mol. The molecule has 0 unspecified atom stereocenters.